The van der Waals surface area contributed by atoms with E-state index >= 15 is 0 Å². The summed E-state index contributed by atoms with van der Waals surface area (Å²) in [5, 5.41) is 17.3. The van der Waals surface area contributed by atoms with Crippen LogP contribution in [0.4, 0.5) is 0 Å². The SMILES string of the molecule is O=P([O-])([O-])[O-].Oc1ccccc1.Oc1ccccc1.[Al+3]. The van der Waals surface area contributed by atoms with Crippen molar-refractivity contribution >= 4 is 25.2 Å². The molecule has 0 aliphatic heterocycles. The molecule has 20 heavy (non-hydrogen) atoms. The van der Waals surface area contributed by atoms with Crippen molar-refractivity contribution in [1.82, 2.24) is 0 Å². The van der Waals surface area contributed by atoms with Gasteiger partial charge in [0.1, 0.15) is 11.5 Å². The van der Waals surface area contributed by atoms with E-state index in [0.29, 0.717) is 11.5 Å². The summed E-state index contributed by atoms with van der Waals surface area (Å²) in [5.74, 6) is 0.644. The van der Waals surface area contributed by atoms with Gasteiger partial charge in [-0.05, 0) is 24.3 Å². The van der Waals surface area contributed by atoms with Gasteiger partial charge in [0.15, 0.2) is 0 Å². The smallest absolute Gasteiger partial charge is 0.822 e. The number of phenolic OH excluding ortho intramolecular Hbond substituents is 2. The van der Waals surface area contributed by atoms with Gasteiger partial charge in [0.2, 0.25) is 0 Å². The van der Waals surface area contributed by atoms with Crippen LogP contribution >= 0.6 is 7.82 Å². The molecule has 0 saturated heterocycles. The molecule has 0 aliphatic rings. The second-order valence-electron chi connectivity index (χ2n) is 3.12. The van der Waals surface area contributed by atoms with E-state index in [1.54, 1.807) is 48.5 Å². The number of benzene rings is 2. The summed E-state index contributed by atoms with van der Waals surface area (Å²) in [6.45, 7) is 0. The third-order valence-corrected chi connectivity index (χ3v) is 1.51. The minimum absolute atomic E-state index is 0. The molecular weight excluding hydrogens is 298 g/mol. The zero-order valence-electron chi connectivity index (χ0n) is 10.3. The van der Waals surface area contributed by atoms with Crippen LogP contribution in [0, 0.1) is 0 Å². The summed E-state index contributed by atoms with van der Waals surface area (Å²) in [6.07, 6.45) is 0. The van der Waals surface area contributed by atoms with Crippen LogP contribution in [0.25, 0.3) is 0 Å². The van der Waals surface area contributed by atoms with Gasteiger partial charge in [-0.1, -0.05) is 36.4 Å². The average Bonchev–Trinajstić information content (AvgIpc) is 2.29. The number of hydrogen-bond donors (Lipinski definition) is 2. The van der Waals surface area contributed by atoms with Crippen molar-refractivity contribution in [3.05, 3.63) is 60.7 Å². The molecule has 2 aromatic carbocycles. The van der Waals surface area contributed by atoms with Gasteiger partial charge in [0.05, 0.1) is 0 Å². The fourth-order valence-electron chi connectivity index (χ4n) is 0.856. The molecule has 0 amide bonds. The molecule has 6 nitrogen and oxygen atoms in total. The minimum atomic E-state index is -5.39. The number of aromatic hydroxyl groups is 2. The van der Waals surface area contributed by atoms with Crippen molar-refractivity contribution in [1.29, 1.82) is 0 Å². The van der Waals surface area contributed by atoms with Gasteiger partial charge in [-0.25, -0.2) is 0 Å². The first kappa shape index (κ1) is 21.0. The van der Waals surface area contributed by atoms with E-state index < -0.39 is 7.82 Å². The Morgan fingerprint density at radius 3 is 1.00 bits per heavy atom. The monoisotopic (exact) mass is 310 g/mol. The van der Waals surface area contributed by atoms with Crippen LogP contribution in [-0.4, -0.2) is 27.6 Å². The molecule has 0 unspecified atom stereocenters. The summed E-state index contributed by atoms with van der Waals surface area (Å²) in [4.78, 5) is 25.6. The van der Waals surface area contributed by atoms with Crippen molar-refractivity contribution in [3.8, 4) is 11.5 Å². The standard InChI is InChI=1S/2C6H6O.Al.H3O4P/c2*7-6-4-2-1-3-5-6;;1-5(2,3)4/h2*1-5,7H;;(H3,1,2,3,4)/q;;+3;/p-3. The van der Waals surface area contributed by atoms with E-state index in [1.165, 1.54) is 0 Å². The Labute approximate surface area is 127 Å². The van der Waals surface area contributed by atoms with Gasteiger partial charge in [0.25, 0.3) is 0 Å². The maximum absolute atomic E-state index is 8.63. The second-order valence-corrected chi connectivity index (χ2v) is 4.01. The maximum atomic E-state index is 8.63. The second kappa shape index (κ2) is 11.5. The molecule has 0 aromatic heterocycles. The van der Waals surface area contributed by atoms with E-state index in [4.69, 9.17) is 29.5 Å². The normalized spacial score (nSPS) is 8.95. The third-order valence-electron chi connectivity index (χ3n) is 1.51. The Morgan fingerprint density at radius 1 is 0.700 bits per heavy atom. The number of hydrogen-bond acceptors (Lipinski definition) is 6. The van der Waals surface area contributed by atoms with Crippen molar-refractivity contribution < 1.29 is 29.5 Å². The number of phenols is 2. The van der Waals surface area contributed by atoms with Crippen LogP contribution in [-0.2, 0) is 4.57 Å². The van der Waals surface area contributed by atoms with E-state index in [0.717, 1.165) is 0 Å². The quantitative estimate of drug-likeness (QED) is 0.502. The maximum Gasteiger partial charge on any atom is 3.00 e. The molecule has 2 N–H and O–H groups in total. The summed E-state index contributed by atoms with van der Waals surface area (Å²) in [6, 6.07) is 17.4. The molecule has 0 saturated carbocycles. The molecule has 0 spiro atoms. The van der Waals surface area contributed by atoms with E-state index in [2.05, 4.69) is 0 Å². The molecule has 0 heterocycles. The predicted octanol–water partition coefficient (Wildman–Crippen LogP) is -0.421. The fraction of sp³-hybridized carbons (Fsp3) is 0. The van der Waals surface area contributed by atoms with Gasteiger partial charge in [-0.3, -0.25) is 0 Å². The van der Waals surface area contributed by atoms with E-state index in [1.807, 2.05) is 12.1 Å². The van der Waals surface area contributed by atoms with Crippen molar-refractivity contribution in [2.24, 2.45) is 0 Å². The zero-order valence-corrected chi connectivity index (χ0v) is 12.4. The van der Waals surface area contributed by atoms with E-state index in [-0.39, 0.29) is 17.4 Å². The molecule has 2 rings (SSSR count). The first-order valence-corrected chi connectivity index (χ1v) is 6.46. The molecular formula is C12H12AlO6P. The first-order valence-electron chi connectivity index (χ1n) is 5.00. The zero-order chi connectivity index (χ0) is 14.7. The summed E-state index contributed by atoms with van der Waals surface area (Å²) < 4.78 is 8.55. The van der Waals surface area contributed by atoms with Gasteiger partial charge in [0, 0.05) is 0 Å². The molecule has 0 bridgehead atoms. The molecule has 2 aromatic rings. The van der Waals surface area contributed by atoms with Crippen LogP contribution < -0.4 is 14.7 Å². The van der Waals surface area contributed by atoms with Crippen LogP contribution in [0.5, 0.6) is 11.5 Å². The van der Waals surface area contributed by atoms with Gasteiger partial charge in [-0.15, -0.1) is 0 Å². The summed E-state index contributed by atoms with van der Waals surface area (Å²) >= 11 is 0. The van der Waals surface area contributed by atoms with Crippen molar-refractivity contribution in [2.45, 2.75) is 0 Å². The molecule has 0 radical (unpaired) electrons. The Bertz CT molecular complexity index is 442. The first-order chi connectivity index (χ1) is 8.79. The fourth-order valence-corrected chi connectivity index (χ4v) is 0.856. The Balaban J connectivity index is 0. The van der Waals surface area contributed by atoms with Crippen LogP contribution in [0.3, 0.4) is 0 Å². The Hall–Kier alpha value is -1.32. The average molecular weight is 310 g/mol. The molecule has 8 heteroatoms. The van der Waals surface area contributed by atoms with Gasteiger partial charge >= 0.3 is 17.4 Å². The minimum Gasteiger partial charge on any atom is -0.822 e. The molecule has 0 fully saturated rings. The number of phosphoric acid groups is 1. The van der Waals surface area contributed by atoms with Crippen LogP contribution in [0.15, 0.2) is 60.7 Å². The Morgan fingerprint density at radius 2 is 0.900 bits per heavy atom. The van der Waals surface area contributed by atoms with Gasteiger partial charge < -0.3 is 29.5 Å². The van der Waals surface area contributed by atoms with E-state index in [9.17, 15) is 0 Å². The summed E-state index contributed by atoms with van der Waals surface area (Å²) in [5.41, 5.74) is 0. The largest absolute Gasteiger partial charge is 3.00 e. The summed E-state index contributed by atoms with van der Waals surface area (Å²) in [7, 11) is -5.39. The van der Waals surface area contributed by atoms with Crippen molar-refractivity contribution in [3.63, 3.8) is 0 Å². The van der Waals surface area contributed by atoms with Crippen molar-refractivity contribution in [2.75, 3.05) is 0 Å². The predicted molar refractivity (Wildman–Crippen MR) is 69.6 cm³/mol. The molecule has 0 atom stereocenters. The number of rotatable bonds is 0. The molecule has 104 valence electrons. The molecule has 0 aliphatic carbocycles. The number of para-hydroxylation sites is 2. The third kappa shape index (κ3) is 19.0. The van der Waals surface area contributed by atoms with Gasteiger partial charge in [-0.2, -0.15) is 7.82 Å². The van der Waals surface area contributed by atoms with Crippen LogP contribution in [0.1, 0.15) is 0 Å². The van der Waals surface area contributed by atoms with Crippen LogP contribution in [0.2, 0.25) is 0 Å². The Kier molecular flexibility index (Phi) is 12.1. The topological polar surface area (TPSA) is 127 Å².